The molecule has 4 N–H and O–H groups in total. The van der Waals surface area contributed by atoms with E-state index in [0.717, 1.165) is 5.75 Å². The summed E-state index contributed by atoms with van der Waals surface area (Å²) in [6.07, 6.45) is 0. The Hall–Kier alpha value is -2.08. The summed E-state index contributed by atoms with van der Waals surface area (Å²) in [4.78, 5) is 23.5. The van der Waals surface area contributed by atoms with Crippen molar-refractivity contribution in [3.63, 3.8) is 0 Å². The largest absolute Gasteiger partial charge is 0.486 e. The zero-order valence-electron chi connectivity index (χ0n) is 14.3. The lowest BCUT2D eigenvalue weighted by molar-refractivity contribution is -0.127. The molecule has 1 rings (SSSR count). The average Bonchev–Trinajstić information content (AvgIpc) is 2.50. The van der Waals surface area contributed by atoms with E-state index in [-0.39, 0.29) is 24.3 Å². The van der Waals surface area contributed by atoms with E-state index in [0.29, 0.717) is 6.54 Å². The maximum Gasteiger partial charge on any atom is 0.239 e. The van der Waals surface area contributed by atoms with Gasteiger partial charge in [0, 0.05) is 0 Å². The molecule has 1 atom stereocenters. The Morgan fingerprint density at radius 1 is 1.17 bits per heavy atom. The summed E-state index contributed by atoms with van der Waals surface area (Å²) >= 11 is 0. The Bertz CT molecular complexity index is 515. The Morgan fingerprint density at radius 3 is 2.35 bits per heavy atom. The second-order valence-electron chi connectivity index (χ2n) is 6.44. The molecule has 0 saturated heterocycles. The molecular formula is C17H27N3O3. The predicted molar refractivity (Wildman–Crippen MR) is 90.0 cm³/mol. The van der Waals surface area contributed by atoms with Gasteiger partial charge in [-0.05, 0) is 31.9 Å². The topological polar surface area (TPSA) is 93.5 Å². The molecule has 6 heteroatoms. The van der Waals surface area contributed by atoms with Gasteiger partial charge in [0.2, 0.25) is 11.8 Å². The number of rotatable bonds is 8. The first-order valence-electron chi connectivity index (χ1n) is 7.75. The second-order valence-corrected chi connectivity index (χ2v) is 6.44. The molecule has 2 amide bonds. The van der Waals surface area contributed by atoms with Crippen LogP contribution in [0.15, 0.2) is 30.3 Å². The van der Waals surface area contributed by atoms with E-state index < -0.39 is 11.6 Å². The minimum atomic E-state index is -0.611. The SMILES string of the molecule is CC(C)[C@H](N)C(=O)NCC(=O)NCC(C)(C)Oc1ccccc1. The second kappa shape index (κ2) is 8.53. The van der Waals surface area contributed by atoms with Crippen molar-refractivity contribution >= 4 is 11.8 Å². The van der Waals surface area contributed by atoms with Crippen molar-refractivity contribution < 1.29 is 14.3 Å². The van der Waals surface area contributed by atoms with Crippen LogP contribution in [-0.2, 0) is 9.59 Å². The van der Waals surface area contributed by atoms with Gasteiger partial charge in [-0.15, -0.1) is 0 Å². The highest BCUT2D eigenvalue weighted by atomic mass is 16.5. The minimum absolute atomic E-state index is 0.0243. The van der Waals surface area contributed by atoms with Crippen LogP contribution < -0.4 is 21.1 Å². The van der Waals surface area contributed by atoms with Crippen LogP contribution >= 0.6 is 0 Å². The third-order valence-electron chi connectivity index (χ3n) is 3.29. The summed E-state index contributed by atoms with van der Waals surface area (Å²) in [6, 6.07) is 8.79. The maximum absolute atomic E-state index is 11.8. The maximum atomic E-state index is 11.8. The fourth-order valence-electron chi connectivity index (χ4n) is 1.81. The average molecular weight is 321 g/mol. The van der Waals surface area contributed by atoms with E-state index in [2.05, 4.69) is 10.6 Å². The number of para-hydroxylation sites is 1. The molecule has 1 aromatic rings. The van der Waals surface area contributed by atoms with Crippen LogP contribution in [-0.4, -0.2) is 36.5 Å². The zero-order valence-corrected chi connectivity index (χ0v) is 14.3. The van der Waals surface area contributed by atoms with Gasteiger partial charge in [0.05, 0.1) is 19.1 Å². The molecule has 0 aliphatic carbocycles. The Labute approximate surface area is 137 Å². The van der Waals surface area contributed by atoms with Crippen molar-refractivity contribution in [2.45, 2.75) is 39.3 Å². The van der Waals surface area contributed by atoms with E-state index in [9.17, 15) is 9.59 Å². The number of amides is 2. The normalized spacial score (nSPS) is 12.6. The number of nitrogens with two attached hydrogens (primary N) is 1. The lowest BCUT2D eigenvalue weighted by Crippen LogP contribution is -2.49. The third-order valence-corrected chi connectivity index (χ3v) is 3.29. The molecule has 0 spiro atoms. The van der Waals surface area contributed by atoms with E-state index in [4.69, 9.17) is 10.5 Å². The molecule has 6 nitrogen and oxygen atoms in total. The number of hydrogen-bond acceptors (Lipinski definition) is 4. The highest BCUT2D eigenvalue weighted by Crippen LogP contribution is 2.16. The first-order chi connectivity index (χ1) is 10.7. The van der Waals surface area contributed by atoms with E-state index in [1.54, 1.807) is 0 Å². The molecule has 0 radical (unpaired) electrons. The summed E-state index contributed by atoms with van der Waals surface area (Å²) in [5.41, 5.74) is 5.15. The quantitative estimate of drug-likeness (QED) is 0.667. The molecule has 128 valence electrons. The summed E-state index contributed by atoms with van der Waals surface area (Å²) in [5, 5.41) is 5.28. The monoisotopic (exact) mass is 321 g/mol. The molecule has 0 aromatic heterocycles. The standard InChI is InChI=1S/C17H27N3O3/c1-12(2)15(18)16(22)19-10-14(21)20-11-17(3,4)23-13-8-6-5-7-9-13/h5-9,12,15H,10-11,18H2,1-4H3,(H,19,22)(H,20,21)/t15-/m0/s1. The molecule has 0 saturated carbocycles. The highest BCUT2D eigenvalue weighted by Gasteiger charge is 2.22. The highest BCUT2D eigenvalue weighted by molar-refractivity contribution is 5.87. The number of ether oxygens (including phenoxy) is 1. The third kappa shape index (κ3) is 7.15. The van der Waals surface area contributed by atoms with Crippen molar-refractivity contribution in [1.82, 2.24) is 10.6 Å². The molecular weight excluding hydrogens is 294 g/mol. The molecule has 0 bridgehead atoms. The number of carbonyl (C=O) groups is 2. The molecule has 0 heterocycles. The van der Waals surface area contributed by atoms with Crippen molar-refractivity contribution in [3.8, 4) is 5.75 Å². The van der Waals surface area contributed by atoms with E-state index >= 15 is 0 Å². The van der Waals surface area contributed by atoms with E-state index in [1.807, 2.05) is 58.0 Å². The van der Waals surface area contributed by atoms with Crippen molar-refractivity contribution in [2.24, 2.45) is 11.7 Å². The zero-order chi connectivity index (χ0) is 17.5. The van der Waals surface area contributed by atoms with Crippen LogP contribution in [0.1, 0.15) is 27.7 Å². The summed E-state index contributed by atoms with van der Waals surface area (Å²) in [6.45, 7) is 7.70. The van der Waals surface area contributed by atoms with Crippen LogP contribution in [0.25, 0.3) is 0 Å². The first kappa shape index (κ1) is 19.0. The van der Waals surface area contributed by atoms with Gasteiger partial charge in [0.1, 0.15) is 11.4 Å². The van der Waals surface area contributed by atoms with Gasteiger partial charge >= 0.3 is 0 Å². The molecule has 0 aliphatic rings. The van der Waals surface area contributed by atoms with Gasteiger partial charge < -0.3 is 21.1 Å². The van der Waals surface area contributed by atoms with Gasteiger partial charge in [-0.2, -0.15) is 0 Å². The van der Waals surface area contributed by atoms with Crippen molar-refractivity contribution in [3.05, 3.63) is 30.3 Å². The summed E-state index contributed by atoms with van der Waals surface area (Å²) in [5.74, 6) is 0.160. The van der Waals surface area contributed by atoms with Crippen molar-refractivity contribution in [2.75, 3.05) is 13.1 Å². The van der Waals surface area contributed by atoms with Gasteiger partial charge in [-0.25, -0.2) is 0 Å². The minimum Gasteiger partial charge on any atom is -0.486 e. The number of benzene rings is 1. The summed E-state index contributed by atoms with van der Waals surface area (Å²) < 4.78 is 5.83. The lowest BCUT2D eigenvalue weighted by Gasteiger charge is -2.27. The molecule has 0 unspecified atom stereocenters. The van der Waals surface area contributed by atoms with Gasteiger partial charge in [-0.1, -0.05) is 32.0 Å². The van der Waals surface area contributed by atoms with Gasteiger partial charge in [0.15, 0.2) is 0 Å². The van der Waals surface area contributed by atoms with Gasteiger partial charge in [0.25, 0.3) is 0 Å². The van der Waals surface area contributed by atoms with Crippen LogP contribution in [0.2, 0.25) is 0 Å². The Morgan fingerprint density at radius 2 is 1.78 bits per heavy atom. The van der Waals surface area contributed by atoms with Crippen LogP contribution in [0, 0.1) is 5.92 Å². The van der Waals surface area contributed by atoms with Crippen LogP contribution in [0.4, 0.5) is 0 Å². The lowest BCUT2D eigenvalue weighted by atomic mass is 10.1. The smallest absolute Gasteiger partial charge is 0.239 e. The van der Waals surface area contributed by atoms with E-state index in [1.165, 1.54) is 0 Å². The first-order valence-corrected chi connectivity index (χ1v) is 7.75. The Balaban J connectivity index is 2.36. The Kier molecular flexibility index (Phi) is 7.03. The molecule has 23 heavy (non-hydrogen) atoms. The number of nitrogens with one attached hydrogen (secondary N) is 2. The fourth-order valence-corrected chi connectivity index (χ4v) is 1.81. The van der Waals surface area contributed by atoms with Gasteiger partial charge in [-0.3, -0.25) is 9.59 Å². The summed E-state index contributed by atoms with van der Waals surface area (Å²) in [7, 11) is 0. The number of carbonyl (C=O) groups excluding carboxylic acids is 2. The molecule has 0 aliphatic heterocycles. The molecule has 1 aromatic carbocycles. The molecule has 0 fully saturated rings. The van der Waals surface area contributed by atoms with Crippen LogP contribution in [0.3, 0.4) is 0 Å². The number of hydrogen-bond donors (Lipinski definition) is 3. The fraction of sp³-hybridized carbons (Fsp3) is 0.529. The predicted octanol–water partition coefficient (Wildman–Crippen LogP) is 1.06. The van der Waals surface area contributed by atoms with Crippen LogP contribution in [0.5, 0.6) is 5.75 Å². The van der Waals surface area contributed by atoms with Crippen molar-refractivity contribution in [1.29, 1.82) is 0 Å².